The summed E-state index contributed by atoms with van der Waals surface area (Å²) >= 11 is 0. The predicted octanol–water partition coefficient (Wildman–Crippen LogP) is 3.47. The van der Waals surface area contributed by atoms with Gasteiger partial charge in [0.15, 0.2) is 0 Å². The first-order valence-corrected chi connectivity index (χ1v) is 9.29. The first kappa shape index (κ1) is 15.3. The van der Waals surface area contributed by atoms with Crippen LogP contribution in [-0.4, -0.2) is 29.4 Å². The molecule has 0 radical (unpaired) electrons. The molecule has 0 aromatic rings. The van der Waals surface area contributed by atoms with Crippen molar-refractivity contribution in [1.82, 2.24) is 4.90 Å². The van der Waals surface area contributed by atoms with E-state index in [9.17, 15) is 4.79 Å². The van der Waals surface area contributed by atoms with E-state index in [4.69, 9.17) is 5.73 Å². The number of hydrogen-bond acceptors (Lipinski definition) is 2. The van der Waals surface area contributed by atoms with Gasteiger partial charge in [-0.1, -0.05) is 12.8 Å². The average molecular weight is 292 g/mol. The van der Waals surface area contributed by atoms with Crippen molar-refractivity contribution >= 4 is 5.91 Å². The van der Waals surface area contributed by atoms with Crippen LogP contribution in [0.4, 0.5) is 0 Å². The van der Waals surface area contributed by atoms with E-state index in [1.807, 2.05) is 0 Å². The molecule has 2 atom stereocenters. The maximum absolute atomic E-state index is 12.7. The summed E-state index contributed by atoms with van der Waals surface area (Å²) in [6, 6.07) is 1.00. The van der Waals surface area contributed by atoms with Crippen LogP contribution in [0.25, 0.3) is 0 Å². The highest BCUT2D eigenvalue weighted by molar-refractivity contribution is 5.76. The summed E-state index contributed by atoms with van der Waals surface area (Å²) in [6.45, 7) is 1.02. The zero-order valence-electron chi connectivity index (χ0n) is 13.4. The summed E-state index contributed by atoms with van der Waals surface area (Å²) in [6.07, 6.45) is 14.6. The monoisotopic (exact) mass is 292 g/mol. The zero-order chi connectivity index (χ0) is 14.7. The Balaban J connectivity index is 1.48. The van der Waals surface area contributed by atoms with E-state index in [0.29, 0.717) is 18.0 Å². The van der Waals surface area contributed by atoms with Crippen molar-refractivity contribution in [2.75, 3.05) is 6.54 Å². The number of nitrogens with two attached hydrogens (primary N) is 1. The van der Waals surface area contributed by atoms with Gasteiger partial charge in [-0.05, 0) is 69.6 Å². The second-order valence-electron chi connectivity index (χ2n) is 7.66. The number of piperidine rings is 1. The van der Waals surface area contributed by atoms with Gasteiger partial charge in [-0.2, -0.15) is 0 Å². The van der Waals surface area contributed by atoms with Gasteiger partial charge >= 0.3 is 0 Å². The normalized spacial score (nSPS) is 37.1. The standard InChI is InChI=1S/C18H32N2O/c19-16-10-7-14(8-11-16)9-12-18(21)20-13-3-5-15-4-1-2-6-17(15)20/h14-17H,1-13,19H2. The van der Waals surface area contributed by atoms with Gasteiger partial charge in [-0.25, -0.2) is 0 Å². The van der Waals surface area contributed by atoms with E-state index in [1.54, 1.807) is 0 Å². The molecule has 0 aromatic heterocycles. The van der Waals surface area contributed by atoms with E-state index in [0.717, 1.165) is 44.1 Å². The smallest absolute Gasteiger partial charge is 0.222 e. The molecule has 1 heterocycles. The lowest BCUT2D eigenvalue weighted by Gasteiger charge is -2.44. The van der Waals surface area contributed by atoms with Crippen LogP contribution < -0.4 is 5.73 Å². The number of rotatable bonds is 3. The molecule has 1 aliphatic heterocycles. The van der Waals surface area contributed by atoms with Crippen LogP contribution in [0.15, 0.2) is 0 Å². The molecule has 3 fully saturated rings. The molecule has 120 valence electrons. The zero-order valence-corrected chi connectivity index (χ0v) is 13.4. The van der Waals surface area contributed by atoms with Crippen LogP contribution in [0.5, 0.6) is 0 Å². The van der Waals surface area contributed by atoms with Gasteiger partial charge in [0.25, 0.3) is 0 Å². The topological polar surface area (TPSA) is 46.3 Å². The third-order valence-corrected chi connectivity index (χ3v) is 6.22. The Morgan fingerprint density at radius 3 is 2.48 bits per heavy atom. The van der Waals surface area contributed by atoms with Gasteiger partial charge in [-0.15, -0.1) is 0 Å². The minimum Gasteiger partial charge on any atom is -0.339 e. The fraction of sp³-hybridized carbons (Fsp3) is 0.944. The second-order valence-corrected chi connectivity index (χ2v) is 7.66. The first-order valence-electron chi connectivity index (χ1n) is 9.29. The molecule has 2 N–H and O–H groups in total. The Morgan fingerprint density at radius 1 is 0.952 bits per heavy atom. The van der Waals surface area contributed by atoms with Crippen LogP contribution in [0, 0.1) is 11.8 Å². The maximum Gasteiger partial charge on any atom is 0.222 e. The molecule has 2 saturated carbocycles. The summed E-state index contributed by atoms with van der Waals surface area (Å²) in [7, 11) is 0. The van der Waals surface area contributed by atoms with Crippen molar-refractivity contribution < 1.29 is 4.79 Å². The van der Waals surface area contributed by atoms with Crippen molar-refractivity contribution in [2.45, 2.75) is 89.1 Å². The van der Waals surface area contributed by atoms with Crippen LogP contribution in [-0.2, 0) is 4.79 Å². The number of carbonyl (C=O) groups excluding carboxylic acids is 1. The second kappa shape index (κ2) is 7.13. The fourth-order valence-electron chi connectivity index (χ4n) is 4.88. The molecule has 3 rings (SSSR count). The van der Waals surface area contributed by atoms with E-state index in [-0.39, 0.29) is 0 Å². The molecular formula is C18H32N2O. The van der Waals surface area contributed by atoms with Crippen LogP contribution in [0.1, 0.15) is 77.0 Å². The minimum absolute atomic E-state index is 0.419. The Kier molecular flexibility index (Phi) is 5.20. The number of carbonyl (C=O) groups is 1. The van der Waals surface area contributed by atoms with Crippen molar-refractivity contribution in [3.05, 3.63) is 0 Å². The van der Waals surface area contributed by atoms with Crippen molar-refractivity contribution in [2.24, 2.45) is 17.6 Å². The summed E-state index contributed by atoms with van der Waals surface area (Å²) in [5, 5.41) is 0. The lowest BCUT2D eigenvalue weighted by atomic mass is 9.78. The molecule has 0 spiro atoms. The lowest BCUT2D eigenvalue weighted by molar-refractivity contribution is -0.137. The van der Waals surface area contributed by atoms with Gasteiger partial charge in [0.05, 0.1) is 0 Å². The summed E-state index contributed by atoms with van der Waals surface area (Å²) < 4.78 is 0. The molecule has 3 aliphatic rings. The molecule has 1 saturated heterocycles. The molecule has 3 nitrogen and oxygen atoms in total. The van der Waals surface area contributed by atoms with Gasteiger partial charge in [0.1, 0.15) is 0 Å². The van der Waals surface area contributed by atoms with Crippen LogP contribution in [0.3, 0.4) is 0 Å². The average Bonchev–Trinajstić information content (AvgIpc) is 2.53. The molecule has 0 aromatic carbocycles. The maximum atomic E-state index is 12.7. The van der Waals surface area contributed by atoms with Crippen LogP contribution in [0.2, 0.25) is 0 Å². The number of likely N-dealkylation sites (tertiary alicyclic amines) is 1. The molecular weight excluding hydrogens is 260 g/mol. The number of fused-ring (bicyclic) bond motifs is 1. The van der Waals surface area contributed by atoms with E-state index in [1.165, 1.54) is 51.4 Å². The Bertz CT molecular complexity index is 347. The van der Waals surface area contributed by atoms with E-state index in [2.05, 4.69) is 4.90 Å². The molecule has 3 heteroatoms. The number of nitrogens with zero attached hydrogens (tertiary/aromatic N) is 1. The number of amides is 1. The Labute approximate surface area is 129 Å². The molecule has 2 aliphatic carbocycles. The van der Waals surface area contributed by atoms with Crippen LogP contribution >= 0.6 is 0 Å². The Morgan fingerprint density at radius 2 is 1.67 bits per heavy atom. The highest BCUT2D eigenvalue weighted by atomic mass is 16.2. The minimum atomic E-state index is 0.419. The van der Waals surface area contributed by atoms with E-state index < -0.39 is 0 Å². The van der Waals surface area contributed by atoms with Gasteiger partial charge in [0.2, 0.25) is 5.91 Å². The highest BCUT2D eigenvalue weighted by Crippen LogP contribution is 2.36. The molecule has 2 unspecified atom stereocenters. The summed E-state index contributed by atoms with van der Waals surface area (Å²) in [5.74, 6) is 2.01. The molecule has 1 amide bonds. The first-order chi connectivity index (χ1) is 10.2. The van der Waals surface area contributed by atoms with E-state index >= 15 is 0 Å². The molecule has 0 bridgehead atoms. The largest absolute Gasteiger partial charge is 0.339 e. The lowest BCUT2D eigenvalue weighted by Crippen LogP contribution is -2.49. The SMILES string of the molecule is NC1CCC(CCC(=O)N2CCCC3CCCCC32)CC1. The van der Waals surface area contributed by atoms with Gasteiger partial charge in [0, 0.05) is 25.0 Å². The predicted molar refractivity (Wildman–Crippen MR) is 85.9 cm³/mol. The van der Waals surface area contributed by atoms with Crippen molar-refractivity contribution in [3.8, 4) is 0 Å². The Hall–Kier alpha value is -0.570. The van der Waals surface area contributed by atoms with Gasteiger partial charge < -0.3 is 10.6 Å². The quantitative estimate of drug-likeness (QED) is 0.866. The fourth-order valence-corrected chi connectivity index (χ4v) is 4.88. The summed E-state index contributed by atoms with van der Waals surface area (Å²) in [5.41, 5.74) is 5.97. The third kappa shape index (κ3) is 3.80. The summed E-state index contributed by atoms with van der Waals surface area (Å²) in [4.78, 5) is 14.9. The van der Waals surface area contributed by atoms with Gasteiger partial charge in [-0.3, -0.25) is 4.79 Å². The molecule has 21 heavy (non-hydrogen) atoms. The van der Waals surface area contributed by atoms with Crippen molar-refractivity contribution in [3.63, 3.8) is 0 Å². The number of hydrogen-bond donors (Lipinski definition) is 1. The van der Waals surface area contributed by atoms with Crippen molar-refractivity contribution in [1.29, 1.82) is 0 Å². The highest BCUT2D eigenvalue weighted by Gasteiger charge is 2.35. The third-order valence-electron chi connectivity index (χ3n) is 6.22.